The van der Waals surface area contributed by atoms with E-state index in [4.69, 9.17) is 27.9 Å². The molecule has 3 aromatic rings. The van der Waals surface area contributed by atoms with Gasteiger partial charge in [-0.05, 0) is 62.2 Å². The van der Waals surface area contributed by atoms with Crippen LogP contribution in [0.3, 0.4) is 0 Å². The van der Waals surface area contributed by atoms with Gasteiger partial charge in [-0.25, -0.2) is 8.42 Å². The molecule has 0 saturated carbocycles. The van der Waals surface area contributed by atoms with Crippen LogP contribution in [0.4, 0.5) is 5.69 Å². The maximum atomic E-state index is 13.5. The number of hydrogen-bond acceptors (Lipinski definition) is 4. The number of rotatable bonds is 6. The number of hydrogen-bond donors (Lipinski definition) is 0. The van der Waals surface area contributed by atoms with Crippen LogP contribution in [-0.4, -0.2) is 20.9 Å². The second-order valence-electron chi connectivity index (χ2n) is 7.06. The molecular formula is C23H21Cl2NO4S. The minimum absolute atomic E-state index is 0.00754. The average molecular weight is 478 g/mol. The van der Waals surface area contributed by atoms with Crippen molar-refractivity contribution in [1.29, 1.82) is 0 Å². The Hall–Kier alpha value is -2.54. The van der Waals surface area contributed by atoms with Crippen LogP contribution in [0.2, 0.25) is 10.0 Å². The van der Waals surface area contributed by atoms with E-state index in [1.54, 1.807) is 37.3 Å². The van der Waals surface area contributed by atoms with Crippen molar-refractivity contribution in [2.75, 3.05) is 10.9 Å². The van der Waals surface area contributed by atoms with Gasteiger partial charge in [0.05, 0.1) is 15.6 Å². The number of anilines is 1. The Labute approximate surface area is 192 Å². The van der Waals surface area contributed by atoms with Crippen molar-refractivity contribution in [3.63, 3.8) is 0 Å². The lowest BCUT2D eigenvalue weighted by atomic mass is 10.1. The number of ether oxygens (including phenoxy) is 1. The predicted molar refractivity (Wildman–Crippen MR) is 124 cm³/mol. The molecule has 3 aromatic carbocycles. The van der Waals surface area contributed by atoms with Crippen molar-refractivity contribution >= 4 is 44.8 Å². The topological polar surface area (TPSA) is 63.7 Å². The summed E-state index contributed by atoms with van der Waals surface area (Å²) in [6.07, 6.45) is 0. The van der Waals surface area contributed by atoms with Gasteiger partial charge in [-0.3, -0.25) is 4.79 Å². The molecule has 0 saturated heterocycles. The van der Waals surface area contributed by atoms with Crippen LogP contribution in [0, 0.1) is 20.8 Å². The minimum atomic E-state index is -4.19. The van der Waals surface area contributed by atoms with E-state index in [1.165, 1.54) is 24.3 Å². The van der Waals surface area contributed by atoms with E-state index in [2.05, 4.69) is 0 Å². The Morgan fingerprint density at radius 3 is 2.32 bits per heavy atom. The van der Waals surface area contributed by atoms with E-state index in [9.17, 15) is 13.2 Å². The number of sulfonamides is 1. The van der Waals surface area contributed by atoms with Crippen LogP contribution >= 0.6 is 23.2 Å². The standard InChI is InChI=1S/C23H21Cl2NO4S/c1-15-7-10-19(11-8-15)31(28,29)26(21-6-4-5-16(2)17(21)3)23(27)14-30-22-13-18(24)9-12-20(22)25/h4-13H,14H2,1-3H3. The van der Waals surface area contributed by atoms with Gasteiger partial charge in [0.15, 0.2) is 6.61 Å². The molecule has 0 N–H and O–H groups in total. The first kappa shape index (κ1) is 23.1. The van der Waals surface area contributed by atoms with Crippen LogP contribution in [0.25, 0.3) is 0 Å². The summed E-state index contributed by atoms with van der Waals surface area (Å²) >= 11 is 12.1. The molecule has 8 heteroatoms. The first-order valence-corrected chi connectivity index (χ1v) is 11.6. The van der Waals surface area contributed by atoms with Crippen LogP contribution in [0.5, 0.6) is 5.75 Å². The molecule has 0 aliphatic heterocycles. The highest BCUT2D eigenvalue weighted by Crippen LogP contribution is 2.31. The highest BCUT2D eigenvalue weighted by atomic mass is 35.5. The summed E-state index contributed by atoms with van der Waals surface area (Å²) in [4.78, 5) is 13.2. The molecule has 1 amide bonds. The van der Waals surface area contributed by atoms with Crippen molar-refractivity contribution in [3.8, 4) is 5.75 Å². The largest absolute Gasteiger partial charge is 0.482 e. The summed E-state index contributed by atoms with van der Waals surface area (Å²) in [5, 5.41) is 0.641. The van der Waals surface area contributed by atoms with E-state index >= 15 is 0 Å². The van der Waals surface area contributed by atoms with Gasteiger partial charge >= 0.3 is 0 Å². The smallest absolute Gasteiger partial charge is 0.278 e. The molecule has 0 unspecified atom stereocenters. The van der Waals surface area contributed by atoms with E-state index < -0.39 is 22.5 Å². The molecule has 0 aliphatic rings. The van der Waals surface area contributed by atoms with E-state index in [1.807, 2.05) is 19.9 Å². The normalized spacial score (nSPS) is 11.3. The van der Waals surface area contributed by atoms with E-state index in [-0.39, 0.29) is 21.4 Å². The van der Waals surface area contributed by atoms with Crippen LogP contribution < -0.4 is 9.04 Å². The van der Waals surface area contributed by atoms with E-state index in [0.29, 0.717) is 10.6 Å². The second-order valence-corrected chi connectivity index (χ2v) is 9.69. The van der Waals surface area contributed by atoms with Gasteiger partial charge in [0, 0.05) is 11.1 Å². The SMILES string of the molecule is Cc1ccc(S(=O)(=O)N(C(=O)COc2cc(Cl)ccc2Cl)c2cccc(C)c2C)cc1. The molecule has 162 valence electrons. The van der Waals surface area contributed by atoms with Crippen LogP contribution in [0.15, 0.2) is 65.6 Å². The fourth-order valence-electron chi connectivity index (χ4n) is 2.96. The van der Waals surface area contributed by atoms with Crippen LogP contribution in [-0.2, 0) is 14.8 Å². The third-order valence-corrected chi connectivity index (χ3v) is 7.12. The number of nitrogens with zero attached hydrogens (tertiary/aromatic N) is 1. The number of carbonyl (C=O) groups is 1. The number of benzene rings is 3. The lowest BCUT2D eigenvalue weighted by Crippen LogP contribution is -2.40. The molecule has 0 bridgehead atoms. The minimum Gasteiger partial charge on any atom is -0.482 e. The molecule has 0 fully saturated rings. The van der Waals surface area contributed by atoms with Crippen molar-refractivity contribution in [3.05, 3.63) is 87.4 Å². The molecule has 0 spiro atoms. The van der Waals surface area contributed by atoms with Gasteiger partial charge in [-0.15, -0.1) is 0 Å². The monoisotopic (exact) mass is 477 g/mol. The Bertz CT molecular complexity index is 1220. The molecule has 0 aliphatic carbocycles. The Kier molecular flexibility index (Phi) is 6.94. The molecule has 0 heterocycles. The van der Waals surface area contributed by atoms with Gasteiger partial charge in [0.25, 0.3) is 15.9 Å². The zero-order chi connectivity index (χ0) is 22.8. The van der Waals surface area contributed by atoms with Crippen LogP contribution in [0.1, 0.15) is 16.7 Å². The molecule has 0 aromatic heterocycles. The molecule has 0 radical (unpaired) electrons. The number of amides is 1. The Morgan fingerprint density at radius 1 is 0.968 bits per heavy atom. The quantitative estimate of drug-likeness (QED) is 0.455. The van der Waals surface area contributed by atoms with Crippen molar-refractivity contribution in [2.45, 2.75) is 25.7 Å². The number of halogens is 2. The zero-order valence-corrected chi connectivity index (χ0v) is 19.6. The molecule has 5 nitrogen and oxygen atoms in total. The average Bonchev–Trinajstić information content (AvgIpc) is 2.72. The Balaban J connectivity index is 2.03. The highest BCUT2D eigenvalue weighted by molar-refractivity contribution is 7.93. The second kappa shape index (κ2) is 9.30. The van der Waals surface area contributed by atoms with Gasteiger partial charge in [0.1, 0.15) is 5.75 Å². The van der Waals surface area contributed by atoms with Crippen molar-refractivity contribution in [2.24, 2.45) is 0 Å². The summed E-state index contributed by atoms with van der Waals surface area (Å²) < 4.78 is 33.3. The van der Waals surface area contributed by atoms with E-state index in [0.717, 1.165) is 15.4 Å². The van der Waals surface area contributed by atoms with Gasteiger partial charge in [-0.2, -0.15) is 4.31 Å². The number of aryl methyl sites for hydroxylation is 2. The first-order valence-electron chi connectivity index (χ1n) is 9.40. The zero-order valence-electron chi connectivity index (χ0n) is 17.2. The van der Waals surface area contributed by atoms with Gasteiger partial charge in [-0.1, -0.05) is 53.0 Å². The first-order chi connectivity index (χ1) is 14.6. The summed E-state index contributed by atoms with van der Waals surface area (Å²) in [5.41, 5.74) is 2.70. The summed E-state index contributed by atoms with van der Waals surface area (Å²) in [6.45, 7) is 4.93. The van der Waals surface area contributed by atoms with Crippen molar-refractivity contribution in [1.82, 2.24) is 0 Å². The lowest BCUT2D eigenvalue weighted by Gasteiger charge is -2.25. The maximum absolute atomic E-state index is 13.5. The summed E-state index contributed by atoms with van der Waals surface area (Å²) in [5.74, 6) is -0.568. The Morgan fingerprint density at radius 2 is 1.65 bits per heavy atom. The van der Waals surface area contributed by atoms with Crippen molar-refractivity contribution < 1.29 is 17.9 Å². The van der Waals surface area contributed by atoms with Gasteiger partial charge in [0.2, 0.25) is 0 Å². The molecule has 0 atom stereocenters. The number of carbonyl (C=O) groups excluding carboxylic acids is 1. The fraction of sp³-hybridized carbons (Fsp3) is 0.174. The molecule has 31 heavy (non-hydrogen) atoms. The summed E-state index contributed by atoms with van der Waals surface area (Å²) in [7, 11) is -4.19. The van der Waals surface area contributed by atoms with Gasteiger partial charge < -0.3 is 4.74 Å². The fourth-order valence-corrected chi connectivity index (χ4v) is 4.76. The molecule has 3 rings (SSSR count). The highest BCUT2D eigenvalue weighted by Gasteiger charge is 2.32. The summed E-state index contributed by atoms with van der Waals surface area (Å²) in [6, 6.07) is 16.1. The molecular weight excluding hydrogens is 457 g/mol. The third-order valence-electron chi connectivity index (χ3n) is 4.82. The maximum Gasteiger partial charge on any atom is 0.278 e. The third kappa shape index (κ3) is 5.03. The lowest BCUT2D eigenvalue weighted by molar-refractivity contribution is -0.119. The predicted octanol–water partition coefficient (Wildman–Crippen LogP) is 5.72.